The van der Waals surface area contributed by atoms with Crippen molar-refractivity contribution in [3.8, 4) is 11.1 Å². The Morgan fingerprint density at radius 2 is 1.00 bits per heavy atom. The molecule has 1 aliphatic rings. The Morgan fingerprint density at radius 3 is 1.31 bits per heavy atom. The maximum absolute atomic E-state index is 2.49. The first-order chi connectivity index (χ1) is 11.8. The van der Waals surface area contributed by atoms with Gasteiger partial charge in [0.05, 0.1) is 0 Å². The van der Waals surface area contributed by atoms with E-state index in [4.69, 9.17) is 0 Å². The van der Waals surface area contributed by atoms with Crippen LogP contribution in [0.5, 0.6) is 0 Å². The first kappa shape index (κ1) is 19.2. The van der Waals surface area contributed by atoms with Crippen molar-refractivity contribution in [1.82, 2.24) is 0 Å². The fourth-order valence-corrected chi connectivity index (χ4v) is 4.13. The molecule has 0 nitrogen and oxygen atoms in total. The molecule has 0 fully saturated rings. The van der Waals surface area contributed by atoms with Gasteiger partial charge in [-0.1, -0.05) is 98.7 Å². The van der Waals surface area contributed by atoms with Gasteiger partial charge >= 0.3 is 0 Å². The van der Waals surface area contributed by atoms with Gasteiger partial charge in [0.1, 0.15) is 0 Å². The van der Waals surface area contributed by atoms with Crippen molar-refractivity contribution in [2.24, 2.45) is 5.41 Å². The van der Waals surface area contributed by atoms with Gasteiger partial charge in [-0.05, 0) is 56.0 Å². The summed E-state index contributed by atoms with van der Waals surface area (Å²) in [6.07, 6.45) is 1.19. The van der Waals surface area contributed by atoms with Gasteiger partial charge in [-0.15, -0.1) is 0 Å². The zero-order valence-electron chi connectivity index (χ0n) is 18.2. The van der Waals surface area contributed by atoms with Gasteiger partial charge in [0.15, 0.2) is 0 Å². The monoisotopic (exact) mass is 348 g/mol. The van der Waals surface area contributed by atoms with Crippen LogP contribution in [0, 0.1) is 5.41 Å². The van der Waals surface area contributed by atoms with Gasteiger partial charge in [0.25, 0.3) is 0 Å². The van der Waals surface area contributed by atoms with Crippen molar-refractivity contribution < 1.29 is 0 Å². The molecule has 0 saturated carbocycles. The molecule has 0 radical (unpaired) electrons. The molecule has 26 heavy (non-hydrogen) atoms. The molecule has 140 valence electrons. The molecular weight excluding hydrogens is 312 g/mol. The van der Waals surface area contributed by atoms with Crippen molar-refractivity contribution in [2.45, 2.75) is 85.5 Å². The van der Waals surface area contributed by atoms with Gasteiger partial charge in [0.2, 0.25) is 0 Å². The highest BCUT2D eigenvalue weighted by molar-refractivity contribution is 5.79. The van der Waals surface area contributed by atoms with Gasteiger partial charge in [-0.2, -0.15) is 0 Å². The van der Waals surface area contributed by atoms with E-state index >= 15 is 0 Å². The molecule has 0 spiro atoms. The molecule has 1 aliphatic carbocycles. The molecule has 2 aromatic carbocycles. The minimum atomic E-state index is 0.187. The molecule has 0 atom stereocenters. The molecule has 3 rings (SSSR count). The van der Waals surface area contributed by atoms with Crippen LogP contribution in [0.1, 0.15) is 96.9 Å². The van der Waals surface area contributed by atoms with E-state index in [1.807, 2.05) is 0 Å². The van der Waals surface area contributed by atoms with Crippen molar-refractivity contribution in [1.29, 1.82) is 0 Å². The third-order valence-corrected chi connectivity index (χ3v) is 5.69. The molecule has 0 aromatic heterocycles. The normalized spacial score (nSPS) is 15.1. The minimum absolute atomic E-state index is 0.187. The summed E-state index contributed by atoms with van der Waals surface area (Å²) in [4.78, 5) is 0. The lowest BCUT2D eigenvalue weighted by Gasteiger charge is -2.27. The number of fused-ring (bicyclic) bond motifs is 3. The SMILES string of the molecule is CC(C)(C)CC1c2cc(C(C)(C)C)ccc2-c2ccc(C(C)(C)C)cc21. The van der Waals surface area contributed by atoms with Gasteiger partial charge in [0, 0.05) is 5.92 Å². The summed E-state index contributed by atoms with van der Waals surface area (Å²) < 4.78 is 0. The van der Waals surface area contributed by atoms with Crippen LogP contribution in [0.15, 0.2) is 36.4 Å². The Kier molecular flexibility index (Phi) is 4.42. The Bertz CT molecular complexity index is 753. The molecule has 0 unspecified atom stereocenters. The van der Waals surface area contributed by atoms with E-state index in [2.05, 4.69) is 98.7 Å². The van der Waals surface area contributed by atoms with E-state index in [-0.39, 0.29) is 10.8 Å². The molecule has 0 amide bonds. The first-order valence-corrected chi connectivity index (χ1v) is 10.1. The fourth-order valence-electron chi connectivity index (χ4n) is 4.13. The Hall–Kier alpha value is -1.56. The van der Waals surface area contributed by atoms with E-state index in [1.165, 1.54) is 39.8 Å². The summed E-state index contributed by atoms with van der Waals surface area (Å²) in [6, 6.07) is 14.4. The molecule has 2 aromatic rings. The van der Waals surface area contributed by atoms with Crippen LogP contribution in [0.2, 0.25) is 0 Å². The lowest BCUT2D eigenvalue weighted by Crippen LogP contribution is -2.15. The number of rotatable bonds is 1. The van der Waals surface area contributed by atoms with Crippen LogP contribution in [0.3, 0.4) is 0 Å². The fraction of sp³-hybridized carbons (Fsp3) is 0.538. The molecule has 0 N–H and O–H groups in total. The van der Waals surface area contributed by atoms with E-state index in [0.29, 0.717) is 11.3 Å². The zero-order valence-corrected chi connectivity index (χ0v) is 18.2. The summed E-state index contributed by atoms with van der Waals surface area (Å²) >= 11 is 0. The standard InChI is InChI=1S/C26H36/c1-24(2,3)16-23-21-14-17(25(4,5)6)10-12-19(21)20-13-11-18(15-22(20)23)26(7,8)9/h10-15,23H,16H2,1-9H3. The maximum Gasteiger partial charge on any atom is 0.0107 e. The third kappa shape index (κ3) is 3.61. The summed E-state index contributed by atoms with van der Waals surface area (Å²) in [5, 5.41) is 0. The van der Waals surface area contributed by atoms with Crippen molar-refractivity contribution in [3.63, 3.8) is 0 Å². The number of hydrogen-bond acceptors (Lipinski definition) is 0. The van der Waals surface area contributed by atoms with Crippen LogP contribution in [0.25, 0.3) is 11.1 Å². The summed E-state index contributed by atoms with van der Waals surface area (Å²) in [7, 11) is 0. The van der Waals surface area contributed by atoms with E-state index < -0.39 is 0 Å². The van der Waals surface area contributed by atoms with Crippen LogP contribution >= 0.6 is 0 Å². The Labute approximate surface area is 161 Å². The van der Waals surface area contributed by atoms with Gasteiger partial charge in [-0.25, -0.2) is 0 Å². The van der Waals surface area contributed by atoms with Gasteiger partial charge < -0.3 is 0 Å². The van der Waals surface area contributed by atoms with Crippen molar-refractivity contribution >= 4 is 0 Å². The second-order valence-electron chi connectivity index (χ2n) is 11.4. The van der Waals surface area contributed by atoms with Gasteiger partial charge in [-0.3, -0.25) is 0 Å². The van der Waals surface area contributed by atoms with Crippen LogP contribution in [-0.2, 0) is 10.8 Å². The summed E-state index contributed by atoms with van der Waals surface area (Å²) in [5.74, 6) is 0.504. The van der Waals surface area contributed by atoms with E-state index in [9.17, 15) is 0 Å². The highest BCUT2D eigenvalue weighted by atomic mass is 14.4. The molecular formula is C26H36. The minimum Gasteiger partial charge on any atom is -0.0601 e. The number of hydrogen-bond donors (Lipinski definition) is 0. The third-order valence-electron chi connectivity index (χ3n) is 5.69. The average molecular weight is 349 g/mol. The Balaban J connectivity index is 2.19. The predicted molar refractivity (Wildman–Crippen MR) is 115 cm³/mol. The van der Waals surface area contributed by atoms with Crippen LogP contribution in [0.4, 0.5) is 0 Å². The van der Waals surface area contributed by atoms with E-state index in [0.717, 1.165) is 0 Å². The predicted octanol–water partition coefficient (Wildman–Crippen LogP) is 7.83. The second-order valence-corrected chi connectivity index (χ2v) is 11.4. The highest BCUT2D eigenvalue weighted by Gasteiger charge is 2.33. The lowest BCUT2D eigenvalue weighted by molar-refractivity contribution is 0.359. The lowest BCUT2D eigenvalue weighted by atomic mass is 9.77. The topological polar surface area (TPSA) is 0 Å². The molecule has 0 heteroatoms. The highest BCUT2D eigenvalue weighted by Crippen LogP contribution is 2.51. The summed E-state index contributed by atoms with van der Waals surface area (Å²) in [6.45, 7) is 21.0. The number of benzene rings is 2. The molecule has 0 saturated heterocycles. The average Bonchev–Trinajstić information content (AvgIpc) is 2.77. The first-order valence-electron chi connectivity index (χ1n) is 10.1. The zero-order chi connectivity index (χ0) is 19.5. The smallest absolute Gasteiger partial charge is 0.0107 e. The van der Waals surface area contributed by atoms with Crippen LogP contribution in [-0.4, -0.2) is 0 Å². The van der Waals surface area contributed by atoms with E-state index in [1.54, 1.807) is 0 Å². The molecule has 0 heterocycles. The Morgan fingerprint density at radius 1 is 0.615 bits per heavy atom. The maximum atomic E-state index is 2.49. The quantitative estimate of drug-likeness (QED) is 0.492. The molecule has 0 aliphatic heterocycles. The van der Waals surface area contributed by atoms with Crippen molar-refractivity contribution in [2.75, 3.05) is 0 Å². The molecule has 0 bridgehead atoms. The van der Waals surface area contributed by atoms with Crippen LogP contribution < -0.4 is 0 Å². The van der Waals surface area contributed by atoms with Crippen molar-refractivity contribution in [3.05, 3.63) is 58.7 Å². The largest absolute Gasteiger partial charge is 0.0601 e. The second kappa shape index (κ2) is 5.98. The summed E-state index contributed by atoms with van der Waals surface area (Å²) in [5.41, 5.74) is 9.53.